The predicted octanol–water partition coefficient (Wildman–Crippen LogP) is 1.85. The Morgan fingerprint density at radius 1 is 1.32 bits per heavy atom. The Hall–Kier alpha value is -2.25. The van der Waals surface area contributed by atoms with Crippen LogP contribution in [-0.4, -0.2) is 23.3 Å². The van der Waals surface area contributed by atoms with E-state index in [-0.39, 0.29) is 5.56 Å². The van der Waals surface area contributed by atoms with Crippen LogP contribution in [0.3, 0.4) is 0 Å². The maximum Gasteiger partial charge on any atom is 0.573 e. The summed E-state index contributed by atoms with van der Waals surface area (Å²) in [6.07, 6.45) is -4.95. The quantitative estimate of drug-likeness (QED) is 0.880. The van der Waals surface area contributed by atoms with Gasteiger partial charge in [-0.05, 0) is 6.07 Å². The van der Waals surface area contributed by atoms with Crippen LogP contribution in [0.4, 0.5) is 13.2 Å². The first-order chi connectivity index (χ1) is 8.70. The number of hydrogen-bond donors (Lipinski definition) is 2. The van der Waals surface area contributed by atoms with Gasteiger partial charge in [0.2, 0.25) is 5.91 Å². The van der Waals surface area contributed by atoms with E-state index in [0.717, 1.165) is 19.1 Å². The van der Waals surface area contributed by atoms with Crippen molar-refractivity contribution in [3.8, 4) is 5.75 Å². The molecule has 1 rings (SSSR count). The van der Waals surface area contributed by atoms with Crippen LogP contribution in [-0.2, 0) is 9.59 Å². The largest absolute Gasteiger partial charge is 0.573 e. The average molecular weight is 277 g/mol. The number of carbonyl (C=O) groups is 2. The molecule has 0 radical (unpaired) electrons. The molecule has 0 heterocycles. The number of carboxylic acids is 1. The minimum atomic E-state index is -4.95. The summed E-state index contributed by atoms with van der Waals surface area (Å²) in [6.45, 7) is 1.06. The number of para-hydroxylation sites is 1. The lowest BCUT2D eigenvalue weighted by Crippen LogP contribution is -2.32. The van der Waals surface area contributed by atoms with Crippen molar-refractivity contribution in [2.45, 2.75) is 19.3 Å². The maximum atomic E-state index is 12.2. The van der Waals surface area contributed by atoms with Crippen LogP contribution in [0.25, 0.3) is 0 Å². The van der Waals surface area contributed by atoms with Crippen molar-refractivity contribution in [3.63, 3.8) is 0 Å². The summed E-state index contributed by atoms with van der Waals surface area (Å²) in [5, 5.41) is 11.0. The van der Waals surface area contributed by atoms with Crippen LogP contribution in [0.2, 0.25) is 0 Å². The van der Waals surface area contributed by atoms with Gasteiger partial charge >= 0.3 is 12.3 Å². The van der Waals surface area contributed by atoms with Crippen LogP contribution in [0.5, 0.6) is 5.75 Å². The fourth-order valence-corrected chi connectivity index (χ4v) is 1.41. The molecule has 0 aliphatic heterocycles. The maximum absolute atomic E-state index is 12.2. The second-order valence-corrected chi connectivity index (χ2v) is 3.56. The number of rotatable bonds is 4. The number of carboxylic acid groups (broad SMARTS) is 1. The highest BCUT2D eigenvalue weighted by atomic mass is 19.4. The van der Waals surface area contributed by atoms with Gasteiger partial charge in [0.25, 0.3) is 0 Å². The topological polar surface area (TPSA) is 75.6 Å². The average Bonchev–Trinajstić information content (AvgIpc) is 2.24. The number of nitrogens with one attached hydrogen (secondary N) is 1. The minimum Gasteiger partial charge on any atom is -0.479 e. The minimum absolute atomic E-state index is 0.289. The Kier molecular flexibility index (Phi) is 4.36. The van der Waals surface area contributed by atoms with E-state index in [1.807, 2.05) is 5.32 Å². The van der Waals surface area contributed by atoms with Gasteiger partial charge < -0.3 is 15.2 Å². The standard InChI is InChI=1S/C11H10F3NO4/c1-6(16)15-9(10(17)18)7-4-2-3-5-8(7)19-11(12,13)14/h2-5,9H,1H3,(H,15,16)(H,17,18). The van der Waals surface area contributed by atoms with E-state index in [1.165, 1.54) is 12.1 Å². The lowest BCUT2D eigenvalue weighted by Gasteiger charge is -2.18. The number of benzene rings is 1. The Bertz CT molecular complexity index is 487. The molecule has 1 unspecified atom stereocenters. The van der Waals surface area contributed by atoms with Crippen molar-refractivity contribution in [3.05, 3.63) is 29.8 Å². The van der Waals surface area contributed by atoms with Gasteiger partial charge in [-0.15, -0.1) is 13.2 Å². The van der Waals surface area contributed by atoms with E-state index in [9.17, 15) is 22.8 Å². The SMILES string of the molecule is CC(=O)NC(C(=O)O)c1ccccc1OC(F)(F)F. The van der Waals surface area contributed by atoms with Crippen molar-refractivity contribution in [1.29, 1.82) is 0 Å². The van der Waals surface area contributed by atoms with Crippen molar-refractivity contribution in [2.24, 2.45) is 0 Å². The highest BCUT2D eigenvalue weighted by Crippen LogP contribution is 2.30. The number of amides is 1. The second-order valence-electron chi connectivity index (χ2n) is 3.56. The molecule has 0 aromatic heterocycles. The van der Waals surface area contributed by atoms with Crippen LogP contribution in [0.1, 0.15) is 18.5 Å². The van der Waals surface area contributed by atoms with Gasteiger partial charge in [0, 0.05) is 12.5 Å². The summed E-state index contributed by atoms with van der Waals surface area (Å²) in [7, 11) is 0. The highest BCUT2D eigenvalue weighted by molar-refractivity contribution is 5.83. The van der Waals surface area contributed by atoms with Crippen LogP contribution in [0.15, 0.2) is 24.3 Å². The fraction of sp³-hybridized carbons (Fsp3) is 0.273. The molecule has 0 fully saturated rings. The molecular weight excluding hydrogens is 267 g/mol. The zero-order valence-corrected chi connectivity index (χ0v) is 9.69. The molecule has 0 aliphatic rings. The van der Waals surface area contributed by atoms with E-state index in [0.29, 0.717) is 0 Å². The number of alkyl halides is 3. The summed E-state index contributed by atoms with van der Waals surface area (Å²) in [6, 6.07) is 3.10. The number of halogens is 3. The van der Waals surface area contributed by atoms with E-state index in [2.05, 4.69) is 4.74 Å². The monoisotopic (exact) mass is 277 g/mol. The van der Waals surface area contributed by atoms with E-state index in [4.69, 9.17) is 5.11 Å². The molecule has 19 heavy (non-hydrogen) atoms. The van der Waals surface area contributed by atoms with Crippen molar-refractivity contribution >= 4 is 11.9 Å². The van der Waals surface area contributed by atoms with Gasteiger partial charge in [-0.1, -0.05) is 18.2 Å². The van der Waals surface area contributed by atoms with Crippen molar-refractivity contribution in [1.82, 2.24) is 5.32 Å². The van der Waals surface area contributed by atoms with Gasteiger partial charge in [0.05, 0.1) is 0 Å². The summed E-state index contributed by atoms with van der Waals surface area (Å²) in [4.78, 5) is 21.9. The van der Waals surface area contributed by atoms with Gasteiger partial charge in [0.15, 0.2) is 6.04 Å². The lowest BCUT2D eigenvalue weighted by molar-refractivity contribution is -0.275. The molecule has 1 amide bonds. The highest BCUT2D eigenvalue weighted by Gasteiger charge is 2.34. The van der Waals surface area contributed by atoms with Gasteiger partial charge in [0.1, 0.15) is 5.75 Å². The molecule has 8 heteroatoms. The van der Waals surface area contributed by atoms with Gasteiger partial charge in [-0.25, -0.2) is 4.79 Å². The first-order valence-corrected chi connectivity index (χ1v) is 5.05. The summed E-state index contributed by atoms with van der Waals surface area (Å²) in [5.74, 6) is -2.85. The number of hydrogen-bond acceptors (Lipinski definition) is 3. The molecule has 1 aromatic carbocycles. The number of ether oxygens (including phenoxy) is 1. The summed E-state index contributed by atoms with van der Waals surface area (Å²) < 4.78 is 40.3. The Morgan fingerprint density at radius 3 is 2.37 bits per heavy atom. The first kappa shape index (κ1) is 14.8. The second kappa shape index (κ2) is 5.59. The molecule has 104 valence electrons. The number of aliphatic carboxylic acids is 1. The van der Waals surface area contributed by atoms with Crippen molar-refractivity contribution in [2.75, 3.05) is 0 Å². The first-order valence-electron chi connectivity index (χ1n) is 5.05. The molecule has 5 nitrogen and oxygen atoms in total. The Labute approximate surface area is 106 Å². The third-order valence-electron chi connectivity index (χ3n) is 2.05. The predicted molar refractivity (Wildman–Crippen MR) is 57.3 cm³/mol. The van der Waals surface area contributed by atoms with E-state index >= 15 is 0 Å². The Balaban J connectivity index is 3.16. The molecule has 2 N–H and O–H groups in total. The fourth-order valence-electron chi connectivity index (χ4n) is 1.41. The van der Waals surface area contributed by atoms with Crippen LogP contribution >= 0.6 is 0 Å². The molecule has 0 bridgehead atoms. The van der Waals surface area contributed by atoms with E-state index < -0.39 is 30.0 Å². The Morgan fingerprint density at radius 2 is 1.89 bits per heavy atom. The molecule has 1 atom stereocenters. The molecule has 0 saturated carbocycles. The zero-order valence-electron chi connectivity index (χ0n) is 9.69. The van der Waals surface area contributed by atoms with Crippen LogP contribution < -0.4 is 10.1 Å². The number of carbonyl (C=O) groups excluding carboxylic acids is 1. The molecule has 0 aliphatic carbocycles. The van der Waals surface area contributed by atoms with Crippen LogP contribution in [0, 0.1) is 0 Å². The normalized spacial score (nSPS) is 12.6. The summed E-state index contributed by atoms with van der Waals surface area (Å²) in [5.41, 5.74) is -0.289. The van der Waals surface area contributed by atoms with Crippen molar-refractivity contribution < 1.29 is 32.6 Å². The van der Waals surface area contributed by atoms with Gasteiger partial charge in [-0.2, -0.15) is 0 Å². The summed E-state index contributed by atoms with van der Waals surface area (Å²) >= 11 is 0. The third kappa shape index (κ3) is 4.49. The van der Waals surface area contributed by atoms with E-state index in [1.54, 1.807) is 0 Å². The smallest absolute Gasteiger partial charge is 0.479 e. The molecule has 0 saturated heterocycles. The van der Waals surface area contributed by atoms with Gasteiger partial charge in [-0.3, -0.25) is 4.79 Å². The zero-order chi connectivity index (χ0) is 14.6. The molecule has 1 aromatic rings. The third-order valence-corrected chi connectivity index (χ3v) is 2.05. The molecular formula is C11H10F3NO4. The molecule has 0 spiro atoms. The lowest BCUT2D eigenvalue weighted by atomic mass is 10.1.